The summed E-state index contributed by atoms with van der Waals surface area (Å²) in [5.74, 6) is 0.702. The number of aryl methyl sites for hydroxylation is 1. The van der Waals surface area contributed by atoms with Gasteiger partial charge >= 0.3 is 0 Å². The molecule has 0 fully saturated rings. The Hall–Kier alpha value is -3.22. The van der Waals surface area contributed by atoms with Crippen LogP contribution in [0.15, 0.2) is 66.7 Å². The Bertz CT molecular complexity index is 1260. The molecule has 0 spiro atoms. The minimum absolute atomic E-state index is 0.0286. The predicted molar refractivity (Wildman–Crippen MR) is 146 cm³/mol. The zero-order valence-electron chi connectivity index (χ0n) is 21.0. The highest BCUT2D eigenvalue weighted by Gasteiger charge is 2.23. The molecule has 35 heavy (non-hydrogen) atoms. The van der Waals surface area contributed by atoms with E-state index < -0.39 is 0 Å². The summed E-state index contributed by atoms with van der Waals surface area (Å²) < 4.78 is 6.60. The van der Waals surface area contributed by atoms with Crippen LogP contribution in [0.2, 0.25) is 0 Å². The van der Waals surface area contributed by atoms with E-state index in [2.05, 4.69) is 49.9 Å². The Balaban J connectivity index is 1.64. The Morgan fingerprint density at radius 3 is 2.26 bits per heavy atom. The Morgan fingerprint density at radius 1 is 0.914 bits per heavy atom. The minimum Gasteiger partial charge on any atom is -0.494 e. The summed E-state index contributed by atoms with van der Waals surface area (Å²) in [4.78, 5) is 22.8. The lowest BCUT2D eigenvalue weighted by atomic mass is 10.0. The molecule has 182 valence electrons. The van der Waals surface area contributed by atoms with Gasteiger partial charge in [0.05, 0.1) is 11.8 Å². The molecule has 5 nitrogen and oxygen atoms in total. The molecule has 0 bridgehead atoms. The van der Waals surface area contributed by atoms with Gasteiger partial charge in [-0.05, 0) is 61.3 Å². The van der Waals surface area contributed by atoms with Crippen LogP contribution in [-0.2, 0) is 6.42 Å². The van der Waals surface area contributed by atoms with E-state index in [0.717, 1.165) is 47.6 Å². The maximum atomic E-state index is 13.8. The maximum Gasteiger partial charge on any atom is 0.260 e. The zero-order valence-corrected chi connectivity index (χ0v) is 21.8. The Kier molecular flexibility index (Phi) is 8.16. The Labute approximate surface area is 212 Å². The lowest BCUT2D eigenvalue weighted by molar-refractivity contribution is 0.0983. The lowest BCUT2D eigenvalue weighted by Crippen LogP contribution is -2.38. The SMILES string of the molecule is CCN(CC)CCN(C(=O)c1ccc(Cc2ccccc2)cc1)c1nc2c(OC)ccc(C)c2s1. The van der Waals surface area contributed by atoms with E-state index in [1.54, 1.807) is 18.4 Å². The number of hydrogen-bond acceptors (Lipinski definition) is 5. The molecule has 0 saturated carbocycles. The molecule has 0 N–H and O–H groups in total. The van der Waals surface area contributed by atoms with Crippen LogP contribution in [-0.4, -0.2) is 49.1 Å². The number of anilines is 1. The molecule has 0 aliphatic heterocycles. The number of rotatable bonds is 10. The van der Waals surface area contributed by atoms with Crippen molar-refractivity contribution in [2.75, 3.05) is 38.2 Å². The van der Waals surface area contributed by atoms with Gasteiger partial charge in [-0.25, -0.2) is 4.98 Å². The molecule has 0 radical (unpaired) electrons. The van der Waals surface area contributed by atoms with E-state index in [9.17, 15) is 4.79 Å². The number of carbonyl (C=O) groups excluding carboxylic acids is 1. The molecule has 1 amide bonds. The summed E-state index contributed by atoms with van der Waals surface area (Å²) in [5.41, 5.74) is 5.05. The quantitative estimate of drug-likeness (QED) is 0.267. The van der Waals surface area contributed by atoms with Crippen molar-refractivity contribution in [1.82, 2.24) is 9.88 Å². The molecule has 0 saturated heterocycles. The standard InChI is InChI=1S/C29H33N3O2S/c1-5-31(6-2)18-19-32(29-30-26-25(34-4)17-12-21(3)27(26)35-29)28(33)24-15-13-23(14-16-24)20-22-10-8-7-9-11-22/h7-17H,5-6,18-20H2,1-4H3. The first-order chi connectivity index (χ1) is 17.0. The van der Waals surface area contributed by atoms with Crippen LogP contribution in [0, 0.1) is 6.92 Å². The van der Waals surface area contributed by atoms with Gasteiger partial charge in [-0.2, -0.15) is 0 Å². The third-order valence-corrected chi connectivity index (χ3v) is 7.59. The van der Waals surface area contributed by atoms with Crippen molar-refractivity contribution in [3.8, 4) is 5.75 Å². The molecule has 0 unspecified atom stereocenters. The number of fused-ring (bicyclic) bond motifs is 1. The molecule has 0 aliphatic rings. The summed E-state index contributed by atoms with van der Waals surface area (Å²) in [6, 6.07) is 22.3. The van der Waals surface area contributed by atoms with Crippen LogP contribution in [0.5, 0.6) is 5.75 Å². The number of aromatic nitrogens is 1. The van der Waals surface area contributed by atoms with E-state index in [-0.39, 0.29) is 5.91 Å². The van der Waals surface area contributed by atoms with Gasteiger partial charge in [-0.15, -0.1) is 0 Å². The van der Waals surface area contributed by atoms with E-state index in [4.69, 9.17) is 9.72 Å². The van der Waals surface area contributed by atoms with E-state index >= 15 is 0 Å². The van der Waals surface area contributed by atoms with Crippen molar-refractivity contribution in [2.45, 2.75) is 27.2 Å². The van der Waals surface area contributed by atoms with E-state index in [1.807, 2.05) is 47.4 Å². The first-order valence-electron chi connectivity index (χ1n) is 12.1. The van der Waals surface area contributed by atoms with Gasteiger partial charge in [-0.1, -0.05) is 73.7 Å². The number of methoxy groups -OCH3 is 1. The smallest absolute Gasteiger partial charge is 0.260 e. The summed E-state index contributed by atoms with van der Waals surface area (Å²) in [6.45, 7) is 9.61. The average molecular weight is 488 g/mol. The zero-order chi connectivity index (χ0) is 24.8. The number of carbonyl (C=O) groups is 1. The number of amides is 1. The molecule has 4 aromatic rings. The number of benzene rings is 3. The summed E-state index contributed by atoms with van der Waals surface area (Å²) in [7, 11) is 1.66. The number of hydrogen-bond donors (Lipinski definition) is 0. The van der Waals surface area contributed by atoms with Crippen molar-refractivity contribution >= 4 is 32.6 Å². The molecule has 4 rings (SSSR count). The van der Waals surface area contributed by atoms with E-state index in [1.165, 1.54) is 11.1 Å². The Morgan fingerprint density at radius 2 is 1.60 bits per heavy atom. The molecule has 1 heterocycles. The largest absolute Gasteiger partial charge is 0.494 e. The van der Waals surface area contributed by atoms with Crippen LogP contribution in [0.3, 0.4) is 0 Å². The monoisotopic (exact) mass is 487 g/mol. The molecular formula is C29H33N3O2S. The number of nitrogens with zero attached hydrogens (tertiary/aromatic N) is 3. The summed E-state index contributed by atoms with van der Waals surface area (Å²) in [5, 5.41) is 0.707. The molecular weight excluding hydrogens is 454 g/mol. The van der Waals surface area contributed by atoms with Crippen LogP contribution >= 0.6 is 11.3 Å². The van der Waals surface area contributed by atoms with Gasteiger partial charge in [-0.3, -0.25) is 9.69 Å². The fraction of sp³-hybridized carbons (Fsp3) is 0.310. The third kappa shape index (κ3) is 5.72. The number of likely N-dealkylation sites (N-methyl/N-ethyl adjacent to an activating group) is 1. The second-order valence-corrected chi connectivity index (χ2v) is 9.58. The third-order valence-electron chi connectivity index (χ3n) is 6.37. The minimum atomic E-state index is -0.0286. The lowest BCUT2D eigenvalue weighted by Gasteiger charge is -2.24. The molecule has 3 aromatic carbocycles. The van der Waals surface area contributed by atoms with Crippen LogP contribution < -0.4 is 9.64 Å². The van der Waals surface area contributed by atoms with Gasteiger partial charge in [0.1, 0.15) is 11.3 Å². The van der Waals surface area contributed by atoms with Gasteiger partial charge in [0, 0.05) is 18.7 Å². The average Bonchev–Trinajstić information content (AvgIpc) is 3.34. The van der Waals surface area contributed by atoms with Crippen LogP contribution in [0.1, 0.15) is 40.9 Å². The van der Waals surface area contributed by atoms with Gasteiger partial charge in [0.2, 0.25) is 0 Å². The number of thiazole rings is 1. The predicted octanol–water partition coefficient (Wildman–Crippen LogP) is 6.19. The van der Waals surface area contributed by atoms with Gasteiger partial charge < -0.3 is 9.64 Å². The topological polar surface area (TPSA) is 45.7 Å². The highest BCUT2D eigenvalue weighted by Crippen LogP contribution is 2.36. The molecule has 6 heteroatoms. The molecule has 0 atom stereocenters. The fourth-order valence-electron chi connectivity index (χ4n) is 4.20. The van der Waals surface area contributed by atoms with Gasteiger partial charge in [0.25, 0.3) is 5.91 Å². The normalized spacial score (nSPS) is 11.2. The highest BCUT2D eigenvalue weighted by atomic mass is 32.1. The summed E-state index contributed by atoms with van der Waals surface area (Å²) >= 11 is 1.55. The van der Waals surface area contributed by atoms with Crippen molar-refractivity contribution in [2.24, 2.45) is 0 Å². The maximum absolute atomic E-state index is 13.8. The van der Waals surface area contributed by atoms with Crippen LogP contribution in [0.4, 0.5) is 5.13 Å². The molecule has 0 aliphatic carbocycles. The van der Waals surface area contributed by atoms with Crippen molar-refractivity contribution in [3.05, 3.63) is 89.0 Å². The molecule has 1 aromatic heterocycles. The van der Waals surface area contributed by atoms with Gasteiger partial charge in [0.15, 0.2) is 5.13 Å². The second-order valence-electron chi connectivity index (χ2n) is 8.60. The van der Waals surface area contributed by atoms with Crippen molar-refractivity contribution in [3.63, 3.8) is 0 Å². The van der Waals surface area contributed by atoms with Crippen molar-refractivity contribution in [1.29, 1.82) is 0 Å². The first-order valence-corrected chi connectivity index (χ1v) is 13.0. The summed E-state index contributed by atoms with van der Waals surface area (Å²) in [6.07, 6.45) is 0.845. The van der Waals surface area contributed by atoms with E-state index in [0.29, 0.717) is 17.2 Å². The first kappa shape index (κ1) is 24.9. The fourth-order valence-corrected chi connectivity index (χ4v) is 5.27. The number of ether oxygens (including phenoxy) is 1. The highest BCUT2D eigenvalue weighted by molar-refractivity contribution is 7.22. The van der Waals surface area contributed by atoms with Crippen molar-refractivity contribution < 1.29 is 9.53 Å². The van der Waals surface area contributed by atoms with Crippen LogP contribution in [0.25, 0.3) is 10.2 Å². The second kappa shape index (κ2) is 11.5.